The van der Waals surface area contributed by atoms with E-state index >= 15 is 0 Å². The summed E-state index contributed by atoms with van der Waals surface area (Å²) in [5, 5.41) is 13.8. The summed E-state index contributed by atoms with van der Waals surface area (Å²) >= 11 is 0. The van der Waals surface area contributed by atoms with Crippen molar-refractivity contribution in [2.45, 2.75) is 25.8 Å². The summed E-state index contributed by atoms with van der Waals surface area (Å²) < 4.78 is 0. The maximum absolute atomic E-state index is 12.0. The van der Waals surface area contributed by atoms with E-state index < -0.39 is 4.92 Å². The normalized spacial score (nSPS) is 12.0. The molecule has 0 aliphatic rings. The van der Waals surface area contributed by atoms with E-state index in [-0.39, 0.29) is 17.6 Å². The molecule has 0 fully saturated rings. The molecule has 5 heteroatoms. The molecule has 0 bridgehead atoms. The highest BCUT2D eigenvalue weighted by Crippen LogP contribution is 2.18. The number of aryl methyl sites for hydroxylation is 1. The average Bonchev–Trinajstić information content (AvgIpc) is 2.59. The van der Waals surface area contributed by atoms with Crippen LogP contribution >= 0.6 is 0 Å². The third kappa shape index (κ3) is 5.35. The van der Waals surface area contributed by atoms with E-state index in [0.29, 0.717) is 5.56 Å². The van der Waals surface area contributed by atoms with Crippen LogP contribution in [0.1, 0.15) is 24.5 Å². The van der Waals surface area contributed by atoms with Gasteiger partial charge < -0.3 is 5.32 Å². The minimum Gasteiger partial charge on any atom is -0.350 e. The van der Waals surface area contributed by atoms with Crippen molar-refractivity contribution in [3.8, 4) is 0 Å². The molecule has 0 radical (unpaired) electrons. The van der Waals surface area contributed by atoms with Gasteiger partial charge in [-0.2, -0.15) is 0 Å². The summed E-state index contributed by atoms with van der Waals surface area (Å²) in [6.07, 6.45) is 4.52. The maximum Gasteiger partial charge on any atom is 0.276 e. The zero-order chi connectivity index (χ0) is 17.4. The number of nitrogens with one attached hydrogen (secondary N) is 1. The number of rotatable bonds is 7. The summed E-state index contributed by atoms with van der Waals surface area (Å²) in [5.41, 5.74) is 1.63. The van der Waals surface area contributed by atoms with Gasteiger partial charge >= 0.3 is 0 Å². The zero-order valence-corrected chi connectivity index (χ0v) is 13.5. The predicted octanol–water partition coefficient (Wildman–Crippen LogP) is 3.75. The first kappa shape index (κ1) is 17.4. The van der Waals surface area contributed by atoms with E-state index in [2.05, 4.69) is 17.4 Å². The number of hydrogen-bond acceptors (Lipinski definition) is 3. The highest BCUT2D eigenvalue weighted by Gasteiger charge is 2.10. The topological polar surface area (TPSA) is 72.2 Å². The van der Waals surface area contributed by atoms with Gasteiger partial charge in [0.1, 0.15) is 0 Å². The Hall–Kier alpha value is -2.95. The highest BCUT2D eigenvalue weighted by molar-refractivity contribution is 5.92. The van der Waals surface area contributed by atoms with Crippen molar-refractivity contribution in [2.75, 3.05) is 0 Å². The van der Waals surface area contributed by atoms with Crippen molar-refractivity contribution in [1.82, 2.24) is 5.32 Å². The van der Waals surface area contributed by atoms with Crippen molar-refractivity contribution < 1.29 is 9.72 Å². The van der Waals surface area contributed by atoms with Crippen molar-refractivity contribution in [3.63, 3.8) is 0 Å². The molecular weight excluding hydrogens is 304 g/mol. The number of nitro benzene ring substituents is 1. The Balaban J connectivity index is 1.87. The van der Waals surface area contributed by atoms with Crippen LogP contribution < -0.4 is 5.32 Å². The number of nitrogens with zero attached hydrogens (tertiary/aromatic N) is 1. The van der Waals surface area contributed by atoms with Gasteiger partial charge in [-0.1, -0.05) is 42.5 Å². The minimum atomic E-state index is -0.458. The lowest BCUT2D eigenvalue weighted by atomic mass is 10.1. The number of nitro groups is 1. The molecule has 1 atom stereocenters. The lowest BCUT2D eigenvalue weighted by molar-refractivity contribution is -0.385. The molecule has 1 amide bonds. The maximum atomic E-state index is 12.0. The Kier molecular flexibility index (Phi) is 6.25. The van der Waals surface area contributed by atoms with E-state index in [4.69, 9.17) is 0 Å². The molecule has 0 spiro atoms. The van der Waals surface area contributed by atoms with Gasteiger partial charge in [0.25, 0.3) is 5.69 Å². The van der Waals surface area contributed by atoms with Crippen LogP contribution in [0.5, 0.6) is 0 Å². The molecule has 5 nitrogen and oxygen atoms in total. The largest absolute Gasteiger partial charge is 0.350 e. The Bertz CT molecular complexity index is 726. The first-order chi connectivity index (χ1) is 11.6. The molecule has 0 aliphatic heterocycles. The van der Waals surface area contributed by atoms with Crippen molar-refractivity contribution >= 4 is 17.7 Å². The second-order valence-electron chi connectivity index (χ2n) is 5.58. The van der Waals surface area contributed by atoms with Crippen molar-refractivity contribution in [1.29, 1.82) is 0 Å². The van der Waals surface area contributed by atoms with E-state index in [1.807, 2.05) is 25.1 Å². The molecule has 2 aromatic carbocycles. The number of carbonyl (C=O) groups excluding carboxylic acids is 1. The minimum absolute atomic E-state index is 0.0151. The molecule has 1 N–H and O–H groups in total. The van der Waals surface area contributed by atoms with Gasteiger partial charge in [0.15, 0.2) is 0 Å². The Labute approximate surface area is 141 Å². The Morgan fingerprint density at radius 1 is 1.17 bits per heavy atom. The summed E-state index contributed by atoms with van der Waals surface area (Å²) in [6.45, 7) is 1.94. The predicted molar refractivity (Wildman–Crippen MR) is 94.5 cm³/mol. The van der Waals surface area contributed by atoms with Crippen LogP contribution in [0.2, 0.25) is 0 Å². The van der Waals surface area contributed by atoms with Gasteiger partial charge in [-0.25, -0.2) is 0 Å². The standard InChI is InChI=1S/C19H20N2O3/c1-15(11-12-16-7-3-2-4-8-16)20-19(22)14-13-17-9-5-6-10-18(17)21(23)24/h2-10,13-15H,11-12H2,1H3,(H,20,22)/b14-13-/t15-/m0/s1. The van der Waals surface area contributed by atoms with Gasteiger partial charge in [-0.15, -0.1) is 0 Å². The molecule has 0 aliphatic carbocycles. The lowest BCUT2D eigenvalue weighted by Crippen LogP contribution is -2.31. The SMILES string of the molecule is C[C@@H](CCc1ccccc1)NC(=O)/C=C\c1ccccc1[N+](=O)[O-]. The van der Waals surface area contributed by atoms with Crippen LogP contribution in [0.25, 0.3) is 6.08 Å². The molecule has 0 aromatic heterocycles. The second kappa shape index (κ2) is 8.62. The summed E-state index contributed by atoms with van der Waals surface area (Å²) in [6, 6.07) is 16.4. The van der Waals surface area contributed by atoms with Gasteiger partial charge in [0.05, 0.1) is 10.5 Å². The number of amides is 1. The van der Waals surface area contributed by atoms with Crippen LogP contribution in [0.3, 0.4) is 0 Å². The van der Waals surface area contributed by atoms with Crippen LogP contribution in [0, 0.1) is 10.1 Å². The van der Waals surface area contributed by atoms with Crippen LogP contribution in [-0.2, 0) is 11.2 Å². The monoisotopic (exact) mass is 324 g/mol. The first-order valence-corrected chi connectivity index (χ1v) is 7.82. The molecule has 0 heterocycles. The average molecular weight is 324 g/mol. The number of para-hydroxylation sites is 1. The van der Waals surface area contributed by atoms with Crippen LogP contribution in [0.4, 0.5) is 5.69 Å². The van der Waals surface area contributed by atoms with Crippen molar-refractivity contribution in [3.05, 3.63) is 81.9 Å². The molecule has 0 saturated carbocycles. The van der Waals surface area contributed by atoms with E-state index in [1.165, 1.54) is 23.8 Å². The molecule has 2 aromatic rings. The summed E-state index contributed by atoms with van der Waals surface area (Å²) in [5.74, 6) is -0.256. The van der Waals surface area contributed by atoms with Gasteiger partial charge in [-0.05, 0) is 37.5 Å². The van der Waals surface area contributed by atoms with Crippen LogP contribution in [-0.4, -0.2) is 16.9 Å². The molecule has 0 unspecified atom stereocenters. The fraction of sp³-hybridized carbons (Fsp3) is 0.211. The highest BCUT2D eigenvalue weighted by atomic mass is 16.6. The fourth-order valence-corrected chi connectivity index (χ4v) is 2.35. The third-order valence-electron chi connectivity index (χ3n) is 3.65. The van der Waals surface area contributed by atoms with Gasteiger partial charge in [0.2, 0.25) is 5.91 Å². The van der Waals surface area contributed by atoms with E-state index in [9.17, 15) is 14.9 Å². The molecular formula is C19H20N2O3. The van der Waals surface area contributed by atoms with E-state index in [1.54, 1.807) is 18.2 Å². The zero-order valence-electron chi connectivity index (χ0n) is 13.5. The lowest BCUT2D eigenvalue weighted by Gasteiger charge is -2.12. The third-order valence-corrected chi connectivity index (χ3v) is 3.65. The molecule has 2 rings (SSSR count). The fourth-order valence-electron chi connectivity index (χ4n) is 2.35. The Morgan fingerprint density at radius 3 is 2.54 bits per heavy atom. The molecule has 124 valence electrons. The molecule has 0 saturated heterocycles. The summed E-state index contributed by atoms with van der Waals surface area (Å²) in [4.78, 5) is 22.4. The smallest absolute Gasteiger partial charge is 0.276 e. The summed E-state index contributed by atoms with van der Waals surface area (Å²) in [7, 11) is 0. The van der Waals surface area contributed by atoms with Gasteiger partial charge in [0, 0.05) is 18.2 Å². The van der Waals surface area contributed by atoms with Gasteiger partial charge in [-0.3, -0.25) is 14.9 Å². The Morgan fingerprint density at radius 2 is 1.83 bits per heavy atom. The molecule has 24 heavy (non-hydrogen) atoms. The second-order valence-corrected chi connectivity index (χ2v) is 5.58. The van der Waals surface area contributed by atoms with E-state index in [0.717, 1.165) is 12.8 Å². The van der Waals surface area contributed by atoms with Crippen LogP contribution in [0.15, 0.2) is 60.7 Å². The number of hydrogen-bond donors (Lipinski definition) is 1. The number of carbonyl (C=O) groups is 1. The van der Waals surface area contributed by atoms with Crippen molar-refractivity contribution in [2.24, 2.45) is 0 Å². The first-order valence-electron chi connectivity index (χ1n) is 7.82. The quantitative estimate of drug-likeness (QED) is 0.479. The number of benzene rings is 2.